The van der Waals surface area contributed by atoms with Crippen molar-refractivity contribution in [2.45, 2.75) is 11.7 Å². The van der Waals surface area contributed by atoms with E-state index >= 15 is 0 Å². The second kappa shape index (κ2) is 9.05. The van der Waals surface area contributed by atoms with E-state index in [0.717, 1.165) is 17.2 Å². The number of alkyl halides is 3. The van der Waals surface area contributed by atoms with Crippen LogP contribution in [0.25, 0.3) is 16.8 Å². The molecular formula is C31H14ClF5N6O2. The summed E-state index contributed by atoms with van der Waals surface area (Å²) in [6.45, 7) is 0. The normalized spacial score (nSPS) is 18.0. The van der Waals surface area contributed by atoms with Gasteiger partial charge in [-0.05, 0) is 93.9 Å². The van der Waals surface area contributed by atoms with Crippen LogP contribution in [0.15, 0.2) is 89.7 Å². The Balaban J connectivity index is 1.35. The predicted molar refractivity (Wildman–Crippen MR) is 150 cm³/mol. The standard InChI is InChI=1S/C31H14ClF5N6O2/c32-23-3-2-17(33)10-22(23)30(26-19-11-20(19)26)27-21(29(45)39-30)7-14(13-1-4-25-40-41-42-43(25)12-13)8-24(27)38-28(44)15-5-16(31(35,36)37)9-18(34)6-15/h1-12H,(H,38,44)(H,39,45)/t30-/m0/s1. The molecule has 5 aromatic rings. The number of hydrogen-bond acceptors (Lipinski definition) is 5. The molecule has 1 atom stereocenters. The van der Waals surface area contributed by atoms with Crippen LogP contribution in [0.4, 0.5) is 27.6 Å². The van der Waals surface area contributed by atoms with E-state index in [9.17, 15) is 31.5 Å². The molecular weight excluding hydrogens is 619 g/mol. The third-order valence-electron chi connectivity index (χ3n) is 8.00. The molecule has 2 N–H and O–H groups in total. The first kappa shape index (κ1) is 27.1. The average molecular weight is 633 g/mol. The summed E-state index contributed by atoms with van der Waals surface area (Å²) in [5.74, 6) is -3.55. The van der Waals surface area contributed by atoms with Gasteiger partial charge in [-0.1, -0.05) is 11.6 Å². The minimum Gasteiger partial charge on any atom is -0.334 e. The van der Waals surface area contributed by atoms with Crippen molar-refractivity contribution in [3.63, 3.8) is 0 Å². The molecule has 14 heteroatoms. The second-order valence-corrected chi connectivity index (χ2v) is 11.1. The summed E-state index contributed by atoms with van der Waals surface area (Å²) in [5, 5.41) is 17.0. The lowest BCUT2D eigenvalue weighted by Crippen LogP contribution is -2.41. The Morgan fingerprint density at radius 1 is 0.978 bits per heavy atom. The number of tetrazole rings is 1. The maximum Gasteiger partial charge on any atom is 0.416 e. The van der Waals surface area contributed by atoms with Gasteiger partial charge in [-0.25, -0.2) is 13.3 Å². The van der Waals surface area contributed by atoms with Crippen molar-refractivity contribution < 1.29 is 31.5 Å². The van der Waals surface area contributed by atoms with Gasteiger partial charge in [0.15, 0.2) is 5.65 Å². The molecule has 0 fully saturated rings. The summed E-state index contributed by atoms with van der Waals surface area (Å²) >= 11 is 6.60. The molecule has 222 valence electrons. The Hall–Kier alpha value is -5.43. The van der Waals surface area contributed by atoms with Crippen LogP contribution in [0.3, 0.4) is 0 Å². The highest BCUT2D eigenvalue weighted by Crippen LogP contribution is 2.65. The zero-order valence-corrected chi connectivity index (χ0v) is 23.1. The number of rotatable bonds is 5. The van der Waals surface area contributed by atoms with Crippen molar-refractivity contribution in [2.24, 2.45) is 0 Å². The van der Waals surface area contributed by atoms with Crippen LogP contribution in [-0.2, 0) is 11.7 Å². The summed E-state index contributed by atoms with van der Waals surface area (Å²) < 4.78 is 70.8. The van der Waals surface area contributed by atoms with Crippen molar-refractivity contribution in [2.75, 3.05) is 5.32 Å². The highest BCUT2D eigenvalue weighted by Gasteiger charge is 2.60. The van der Waals surface area contributed by atoms with Gasteiger partial charge in [0.1, 0.15) is 17.2 Å². The number of anilines is 1. The molecule has 3 heterocycles. The molecule has 3 aliphatic rings. The van der Waals surface area contributed by atoms with Crippen LogP contribution in [-0.4, -0.2) is 31.9 Å². The van der Waals surface area contributed by atoms with Crippen LogP contribution in [0.1, 0.15) is 37.4 Å². The molecule has 2 aliphatic carbocycles. The third-order valence-corrected chi connectivity index (χ3v) is 8.33. The van der Waals surface area contributed by atoms with Gasteiger partial charge in [0.25, 0.3) is 11.8 Å². The minimum atomic E-state index is -4.92. The van der Waals surface area contributed by atoms with E-state index < -0.39 is 46.3 Å². The summed E-state index contributed by atoms with van der Waals surface area (Å²) in [6, 6.07) is 11.5. The number of halogens is 6. The Kier molecular flexibility index (Phi) is 5.46. The molecule has 2 amide bonds. The smallest absolute Gasteiger partial charge is 0.334 e. The zero-order valence-electron chi connectivity index (χ0n) is 22.3. The lowest BCUT2D eigenvalue weighted by molar-refractivity contribution is -0.137. The second-order valence-electron chi connectivity index (χ2n) is 10.7. The number of amides is 2. The molecule has 2 aromatic heterocycles. The van der Waals surface area contributed by atoms with Crippen LogP contribution in [0.5, 0.6) is 0 Å². The number of fused-ring (bicyclic) bond motifs is 3. The molecule has 0 spiro atoms. The number of carbonyl (C=O) groups excluding carboxylic acids is 2. The summed E-state index contributed by atoms with van der Waals surface area (Å²) in [7, 11) is 0. The van der Waals surface area contributed by atoms with Gasteiger partial charge in [-0.2, -0.15) is 13.2 Å². The topological polar surface area (TPSA) is 101 Å². The van der Waals surface area contributed by atoms with Crippen molar-refractivity contribution in [3.05, 3.63) is 134 Å². The fourth-order valence-electron chi connectivity index (χ4n) is 5.89. The molecule has 8 rings (SSSR count). The van der Waals surface area contributed by atoms with Crippen molar-refractivity contribution in [3.8, 4) is 11.1 Å². The molecule has 0 saturated heterocycles. The molecule has 0 bridgehead atoms. The quantitative estimate of drug-likeness (QED) is 0.224. The molecule has 8 nitrogen and oxygen atoms in total. The summed E-state index contributed by atoms with van der Waals surface area (Å²) in [5.41, 5.74) is 0.691. The van der Waals surface area contributed by atoms with E-state index in [1.54, 1.807) is 24.4 Å². The van der Waals surface area contributed by atoms with Crippen molar-refractivity contribution in [1.82, 2.24) is 25.4 Å². The Morgan fingerprint density at radius 3 is 2.51 bits per heavy atom. The Bertz CT molecular complexity index is 2260. The molecule has 0 saturated carbocycles. The monoisotopic (exact) mass is 632 g/mol. The van der Waals surface area contributed by atoms with Gasteiger partial charge in [0.2, 0.25) is 0 Å². The zero-order chi connectivity index (χ0) is 31.4. The maximum absolute atomic E-state index is 14.7. The number of nitrogens with one attached hydrogen (secondary N) is 2. The number of nitrogens with zero attached hydrogens (tertiary/aromatic N) is 4. The van der Waals surface area contributed by atoms with Gasteiger partial charge in [-0.3, -0.25) is 9.59 Å². The first-order valence-corrected chi connectivity index (χ1v) is 13.6. The van der Waals surface area contributed by atoms with E-state index in [1.165, 1.54) is 22.7 Å². The number of allylic oxidation sites excluding steroid dienone is 2. The van der Waals surface area contributed by atoms with Gasteiger partial charge in [0, 0.05) is 50.3 Å². The van der Waals surface area contributed by atoms with E-state index in [1.807, 2.05) is 6.08 Å². The lowest BCUT2D eigenvalue weighted by Gasteiger charge is -2.32. The molecule has 1 aliphatic heterocycles. The Morgan fingerprint density at radius 2 is 1.78 bits per heavy atom. The first-order chi connectivity index (χ1) is 21.4. The number of hydrogen-bond donors (Lipinski definition) is 2. The van der Waals surface area contributed by atoms with E-state index in [0.29, 0.717) is 34.5 Å². The average Bonchev–Trinajstić information content (AvgIpc) is 3.83. The van der Waals surface area contributed by atoms with Gasteiger partial charge in [-0.15, -0.1) is 5.10 Å². The highest BCUT2D eigenvalue weighted by molar-refractivity contribution is 6.32. The summed E-state index contributed by atoms with van der Waals surface area (Å²) in [4.78, 5) is 27.3. The van der Waals surface area contributed by atoms with Gasteiger partial charge in [0.05, 0.1) is 5.56 Å². The van der Waals surface area contributed by atoms with Crippen LogP contribution < -0.4 is 10.6 Å². The number of aromatic nitrogens is 4. The lowest BCUT2D eigenvalue weighted by atomic mass is 9.78. The van der Waals surface area contributed by atoms with E-state index in [-0.39, 0.29) is 33.5 Å². The fourth-order valence-corrected chi connectivity index (χ4v) is 6.15. The molecule has 3 aromatic carbocycles. The SMILES string of the molecule is O=C(Nc1cc(-c2ccc3nnnn3c2)cc2c1[C@@](C1=C3C=C31)(c1cc(F)ccc1Cl)NC2=O)c1cc(F)cc(C(F)(F)F)c1. The minimum absolute atomic E-state index is 0.000750. The predicted octanol–water partition coefficient (Wildman–Crippen LogP) is 6.23. The number of carbonyl (C=O) groups is 2. The highest BCUT2D eigenvalue weighted by atomic mass is 35.5. The summed E-state index contributed by atoms with van der Waals surface area (Å²) in [6.07, 6.45) is -1.48. The van der Waals surface area contributed by atoms with E-state index in [2.05, 4.69) is 26.2 Å². The fraction of sp³-hybridized carbons (Fsp3) is 0.0645. The van der Waals surface area contributed by atoms with Gasteiger partial charge >= 0.3 is 6.18 Å². The van der Waals surface area contributed by atoms with Crippen molar-refractivity contribution >= 4 is 34.7 Å². The number of benzene rings is 3. The van der Waals surface area contributed by atoms with Crippen LogP contribution in [0, 0.1) is 11.6 Å². The Labute approximate surface area is 253 Å². The first-order valence-electron chi connectivity index (χ1n) is 13.2. The van der Waals surface area contributed by atoms with Crippen LogP contribution in [0.2, 0.25) is 5.02 Å². The number of pyridine rings is 1. The maximum atomic E-state index is 14.7. The van der Waals surface area contributed by atoms with Crippen molar-refractivity contribution in [1.29, 1.82) is 0 Å². The molecule has 0 radical (unpaired) electrons. The third kappa shape index (κ3) is 4.14. The van der Waals surface area contributed by atoms with Gasteiger partial charge < -0.3 is 10.6 Å². The molecule has 0 unspecified atom stereocenters. The largest absolute Gasteiger partial charge is 0.416 e. The van der Waals surface area contributed by atoms with E-state index in [4.69, 9.17) is 11.6 Å². The molecule has 45 heavy (non-hydrogen) atoms. The van der Waals surface area contributed by atoms with Crippen LogP contribution >= 0.6 is 11.6 Å².